The summed E-state index contributed by atoms with van der Waals surface area (Å²) in [6.45, 7) is 2.11. The Morgan fingerprint density at radius 2 is 1.70 bits per heavy atom. The van der Waals surface area contributed by atoms with Crippen LogP contribution in [0, 0.1) is 6.92 Å². The lowest BCUT2D eigenvalue weighted by atomic mass is 10.1. The second kappa shape index (κ2) is 7.15. The first-order valence-electron chi connectivity index (χ1n) is 6.52. The van der Waals surface area contributed by atoms with Crippen LogP contribution in [0.5, 0.6) is 0 Å². The van der Waals surface area contributed by atoms with Crippen molar-refractivity contribution >= 4 is 17.7 Å². The highest BCUT2D eigenvalue weighted by molar-refractivity contribution is 7.98. The van der Waals surface area contributed by atoms with Crippen molar-refractivity contribution in [3.63, 3.8) is 0 Å². The van der Waals surface area contributed by atoms with Gasteiger partial charge in [0.2, 0.25) is 0 Å². The van der Waals surface area contributed by atoms with Crippen LogP contribution in [0.25, 0.3) is 0 Å². The third-order valence-electron chi connectivity index (χ3n) is 3.16. The third-order valence-corrected chi connectivity index (χ3v) is 4.38. The number of hydrogen-bond donors (Lipinski definition) is 0. The van der Waals surface area contributed by atoms with E-state index < -0.39 is 0 Å². The lowest BCUT2D eigenvalue weighted by molar-refractivity contribution is -0.139. The molecule has 0 fully saturated rings. The fourth-order valence-electron chi connectivity index (χ4n) is 1.97. The molecule has 2 aromatic carbocycles. The van der Waals surface area contributed by atoms with Crippen molar-refractivity contribution in [3.05, 3.63) is 65.2 Å². The quantitative estimate of drug-likeness (QED) is 0.614. The smallest absolute Gasteiger partial charge is 0.309 e. The van der Waals surface area contributed by atoms with Crippen LogP contribution in [0.15, 0.2) is 53.4 Å². The van der Waals surface area contributed by atoms with E-state index in [-0.39, 0.29) is 5.97 Å². The van der Waals surface area contributed by atoms with Gasteiger partial charge in [-0.05, 0) is 29.7 Å². The summed E-state index contributed by atoms with van der Waals surface area (Å²) in [5.74, 6) is 0.663. The van der Waals surface area contributed by atoms with Crippen LogP contribution in [0.2, 0.25) is 0 Å². The summed E-state index contributed by atoms with van der Waals surface area (Å²) < 4.78 is 4.75. The Kier molecular flexibility index (Phi) is 5.24. The van der Waals surface area contributed by atoms with E-state index in [1.807, 2.05) is 24.3 Å². The highest BCUT2D eigenvalue weighted by Crippen LogP contribution is 2.27. The molecule has 0 N–H and O–H groups in total. The van der Waals surface area contributed by atoms with Gasteiger partial charge in [0, 0.05) is 10.6 Å². The maximum absolute atomic E-state index is 11.4. The van der Waals surface area contributed by atoms with Crippen molar-refractivity contribution in [3.8, 4) is 0 Å². The van der Waals surface area contributed by atoms with Crippen LogP contribution in [0.3, 0.4) is 0 Å². The van der Waals surface area contributed by atoms with Crippen LogP contribution < -0.4 is 0 Å². The van der Waals surface area contributed by atoms with E-state index in [0.29, 0.717) is 6.42 Å². The van der Waals surface area contributed by atoms with Gasteiger partial charge < -0.3 is 4.74 Å². The Morgan fingerprint density at radius 1 is 1.05 bits per heavy atom. The number of hydrogen-bond acceptors (Lipinski definition) is 3. The molecular weight excluding hydrogens is 268 g/mol. The van der Waals surface area contributed by atoms with Gasteiger partial charge in [-0.3, -0.25) is 4.79 Å². The molecule has 0 atom stereocenters. The molecule has 3 heteroatoms. The number of thioether (sulfide) groups is 1. The molecule has 2 aromatic rings. The number of carbonyl (C=O) groups is 1. The molecule has 0 aromatic heterocycles. The molecule has 0 radical (unpaired) electrons. The third kappa shape index (κ3) is 3.87. The molecule has 0 saturated carbocycles. The highest BCUT2D eigenvalue weighted by atomic mass is 32.2. The van der Waals surface area contributed by atoms with Crippen molar-refractivity contribution in [2.75, 3.05) is 7.11 Å². The van der Waals surface area contributed by atoms with E-state index >= 15 is 0 Å². The molecule has 0 amide bonds. The summed E-state index contributed by atoms with van der Waals surface area (Å²) in [6, 6.07) is 16.4. The van der Waals surface area contributed by atoms with Gasteiger partial charge in [-0.25, -0.2) is 0 Å². The van der Waals surface area contributed by atoms with E-state index in [0.717, 1.165) is 11.3 Å². The Hall–Kier alpha value is -1.74. The van der Waals surface area contributed by atoms with Gasteiger partial charge >= 0.3 is 5.97 Å². The topological polar surface area (TPSA) is 26.3 Å². The summed E-state index contributed by atoms with van der Waals surface area (Å²) in [7, 11) is 1.42. The van der Waals surface area contributed by atoms with Crippen LogP contribution in [-0.2, 0) is 21.7 Å². The average Bonchev–Trinajstić information content (AvgIpc) is 2.47. The van der Waals surface area contributed by atoms with Gasteiger partial charge in [-0.2, -0.15) is 0 Å². The first-order chi connectivity index (χ1) is 9.70. The second-order valence-corrected chi connectivity index (χ2v) is 5.59. The van der Waals surface area contributed by atoms with Crippen molar-refractivity contribution < 1.29 is 9.53 Å². The number of aryl methyl sites for hydroxylation is 1. The number of benzene rings is 2. The van der Waals surface area contributed by atoms with E-state index in [2.05, 4.69) is 31.2 Å². The molecule has 0 spiro atoms. The lowest BCUT2D eigenvalue weighted by Crippen LogP contribution is -2.06. The van der Waals surface area contributed by atoms with E-state index in [1.165, 1.54) is 23.1 Å². The summed E-state index contributed by atoms with van der Waals surface area (Å²) in [5.41, 5.74) is 3.51. The van der Waals surface area contributed by atoms with Crippen LogP contribution in [-0.4, -0.2) is 13.1 Å². The molecule has 0 unspecified atom stereocenters. The first-order valence-corrected chi connectivity index (χ1v) is 7.51. The number of esters is 1. The molecule has 0 saturated heterocycles. The van der Waals surface area contributed by atoms with Crippen molar-refractivity contribution in [2.45, 2.75) is 24.0 Å². The molecular formula is C17H18O2S. The molecule has 2 nitrogen and oxygen atoms in total. The van der Waals surface area contributed by atoms with Crippen LogP contribution >= 0.6 is 11.8 Å². The van der Waals surface area contributed by atoms with Crippen molar-refractivity contribution in [1.29, 1.82) is 0 Å². The minimum Gasteiger partial charge on any atom is -0.469 e. The Bertz CT molecular complexity index is 593. The molecule has 0 heterocycles. The summed E-state index contributed by atoms with van der Waals surface area (Å²) in [6.07, 6.45) is 0.334. The average molecular weight is 286 g/mol. The molecule has 20 heavy (non-hydrogen) atoms. The van der Waals surface area contributed by atoms with Gasteiger partial charge in [0.15, 0.2) is 0 Å². The lowest BCUT2D eigenvalue weighted by Gasteiger charge is -2.09. The maximum Gasteiger partial charge on any atom is 0.309 e. The predicted molar refractivity (Wildman–Crippen MR) is 82.9 cm³/mol. The van der Waals surface area contributed by atoms with Crippen molar-refractivity contribution in [1.82, 2.24) is 0 Å². The molecule has 0 aliphatic heterocycles. The van der Waals surface area contributed by atoms with E-state index in [9.17, 15) is 4.79 Å². The SMILES string of the molecule is COC(=O)Cc1ccccc1CSc1ccccc1C. The van der Waals surface area contributed by atoms with Crippen molar-refractivity contribution in [2.24, 2.45) is 0 Å². The standard InChI is InChI=1S/C17H18O2S/c1-13-7-3-6-10-16(13)20-12-15-9-5-4-8-14(15)11-17(18)19-2/h3-10H,11-12H2,1-2H3. The zero-order chi connectivity index (χ0) is 14.4. The zero-order valence-electron chi connectivity index (χ0n) is 11.8. The minimum absolute atomic E-state index is 0.196. The van der Waals surface area contributed by atoms with Gasteiger partial charge in [0.1, 0.15) is 0 Å². The first kappa shape index (κ1) is 14.7. The van der Waals surface area contributed by atoms with Crippen LogP contribution in [0.1, 0.15) is 16.7 Å². The molecule has 2 rings (SSSR count). The predicted octanol–water partition coefficient (Wildman–Crippen LogP) is 4.00. The van der Waals surface area contributed by atoms with Gasteiger partial charge in [-0.1, -0.05) is 42.5 Å². The van der Waals surface area contributed by atoms with Gasteiger partial charge in [0.05, 0.1) is 13.5 Å². The Morgan fingerprint density at radius 3 is 2.40 bits per heavy atom. The Balaban J connectivity index is 2.10. The van der Waals surface area contributed by atoms with E-state index in [1.54, 1.807) is 11.8 Å². The number of carbonyl (C=O) groups excluding carboxylic acids is 1. The molecule has 0 aliphatic rings. The van der Waals surface area contributed by atoms with Gasteiger partial charge in [-0.15, -0.1) is 11.8 Å². The monoisotopic (exact) mass is 286 g/mol. The minimum atomic E-state index is -0.196. The number of ether oxygens (including phenoxy) is 1. The number of methoxy groups -OCH3 is 1. The molecule has 104 valence electrons. The second-order valence-electron chi connectivity index (χ2n) is 4.58. The molecule has 0 aliphatic carbocycles. The zero-order valence-corrected chi connectivity index (χ0v) is 12.6. The largest absolute Gasteiger partial charge is 0.469 e. The van der Waals surface area contributed by atoms with Crippen LogP contribution in [0.4, 0.5) is 0 Å². The van der Waals surface area contributed by atoms with E-state index in [4.69, 9.17) is 4.74 Å². The highest BCUT2D eigenvalue weighted by Gasteiger charge is 2.08. The summed E-state index contributed by atoms with van der Waals surface area (Å²) in [4.78, 5) is 12.7. The summed E-state index contributed by atoms with van der Waals surface area (Å²) in [5, 5.41) is 0. The molecule has 0 bridgehead atoms. The Labute approximate surface area is 124 Å². The van der Waals surface area contributed by atoms with Gasteiger partial charge in [0.25, 0.3) is 0 Å². The fourth-order valence-corrected chi connectivity index (χ4v) is 3.04. The fraction of sp³-hybridized carbons (Fsp3) is 0.235. The number of rotatable bonds is 5. The summed E-state index contributed by atoms with van der Waals surface area (Å²) >= 11 is 1.80. The maximum atomic E-state index is 11.4. The normalized spacial score (nSPS) is 10.3.